The Balaban J connectivity index is 2.50. The summed E-state index contributed by atoms with van der Waals surface area (Å²) in [5.41, 5.74) is 5.29. The maximum atomic E-state index is 10.2. The van der Waals surface area contributed by atoms with Gasteiger partial charge in [-0.1, -0.05) is 6.08 Å². The fourth-order valence-electron chi connectivity index (χ4n) is 1.22. The third-order valence-corrected chi connectivity index (χ3v) is 1.90. The molecular formula is C10H14N2O2. The predicted molar refractivity (Wildman–Crippen MR) is 54.9 cm³/mol. The molecule has 2 N–H and O–H groups in total. The van der Waals surface area contributed by atoms with Crippen LogP contribution in [0, 0.1) is 13.8 Å². The molecule has 0 amide bonds. The first-order chi connectivity index (χ1) is 6.61. The maximum absolute atomic E-state index is 10.2. The molecule has 0 aliphatic rings. The van der Waals surface area contributed by atoms with Crippen LogP contribution in [0.5, 0.6) is 0 Å². The van der Waals surface area contributed by atoms with Crippen LogP contribution in [0.15, 0.2) is 24.3 Å². The van der Waals surface area contributed by atoms with E-state index in [2.05, 4.69) is 5.43 Å². The van der Waals surface area contributed by atoms with Crippen LogP contribution >= 0.6 is 0 Å². The van der Waals surface area contributed by atoms with Crippen molar-refractivity contribution in [2.75, 3.05) is 12.0 Å². The number of carboxylic acids is 1. The molecule has 0 saturated heterocycles. The van der Waals surface area contributed by atoms with Crippen molar-refractivity contribution in [3.05, 3.63) is 35.7 Å². The highest BCUT2D eigenvalue weighted by molar-refractivity contribution is 5.79. The molecule has 0 spiro atoms. The molecule has 1 aromatic rings. The lowest BCUT2D eigenvalue weighted by atomic mass is 10.5. The number of aromatic nitrogens is 1. The fraction of sp³-hybridized carbons (Fsp3) is 0.300. The predicted octanol–water partition coefficient (Wildman–Crippen LogP) is 1.29. The number of aryl methyl sites for hydroxylation is 2. The minimum Gasteiger partial charge on any atom is -0.478 e. The fourth-order valence-corrected chi connectivity index (χ4v) is 1.22. The van der Waals surface area contributed by atoms with Crippen LogP contribution in [0.3, 0.4) is 0 Å². The monoisotopic (exact) mass is 194 g/mol. The summed E-state index contributed by atoms with van der Waals surface area (Å²) >= 11 is 0. The minimum absolute atomic E-state index is 0.503. The molecule has 1 rings (SSSR count). The number of hydrogen-bond donors (Lipinski definition) is 2. The molecule has 0 aliphatic heterocycles. The summed E-state index contributed by atoms with van der Waals surface area (Å²) in [5.74, 6) is -0.923. The van der Waals surface area contributed by atoms with Crippen LogP contribution in [-0.2, 0) is 4.79 Å². The normalized spacial score (nSPS) is 10.7. The van der Waals surface area contributed by atoms with Crippen molar-refractivity contribution in [1.82, 2.24) is 4.68 Å². The average Bonchev–Trinajstić information content (AvgIpc) is 2.42. The van der Waals surface area contributed by atoms with Gasteiger partial charge in [0.15, 0.2) is 0 Å². The lowest BCUT2D eigenvalue weighted by Crippen LogP contribution is -2.17. The van der Waals surface area contributed by atoms with E-state index in [9.17, 15) is 4.79 Å². The van der Waals surface area contributed by atoms with Crippen LogP contribution in [-0.4, -0.2) is 22.3 Å². The van der Waals surface area contributed by atoms with Crippen LogP contribution in [0.4, 0.5) is 0 Å². The summed E-state index contributed by atoms with van der Waals surface area (Å²) in [6, 6.07) is 4.01. The number of nitrogens with zero attached hydrogens (tertiary/aromatic N) is 1. The molecule has 0 bridgehead atoms. The lowest BCUT2D eigenvalue weighted by molar-refractivity contribution is -0.131. The molecular weight excluding hydrogens is 180 g/mol. The number of hydrogen-bond acceptors (Lipinski definition) is 2. The molecule has 0 radical (unpaired) electrons. The molecule has 0 saturated carbocycles. The van der Waals surface area contributed by atoms with Gasteiger partial charge < -0.3 is 10.5 Å². The summed E-state index contributed by atoms with van der Waals surface area (Å²) in [6.07, 6.45) is 2.70. The van der Waals surface area contributed by atoms with E-state index in [0.717, 1.165) is 17.5 Å². The summed E-state index contributed by atoms with van der Waals surface area (Å²) in [5, 5.41) is 8.36. The standard InChI is InChI=1S/C10H14N2O2/c1-8-5-6-9(2)12(8)11-7-3-4-10(13)14/h3-6,11H,7H2,1-2H3,(H,13,14)/b4-3+. The van der Waals surface area contributed by atoms with Crippen LogP contribution in [0.1, 0.15) is 11.4 Å². The van der Waals surface area contributed by atoms with Crippen molar-refractivity contribution in [1.29, 1.82) is 0 Å². The van der Waals surface area contributed by atoms with Crippen molar-refractivity contribution in [2.45, 2.75) is 13.8 Å². The second kappa shape index (κ2) is 4.50. The molecule has 0 atom stereocenters. The van der Waals surface area contributed by atoms with Gasteiger partial charge in [-0.25, -0.2) is 4.79 Å². The average molecular weight is 194 g/mol. The van der Waals surface area contributed by atoms with Crippen LogP contribution in [0.25, 0.3) is 0 Å². The molecule has 14 heavy (non-hydrogen) atoms. The second-order valence-corrected chi connectivity index (χ2v) is 3.05. The van der Waals surface area contributed by atoms with Crippen LogP contribution < -0.4 is 5.43 Å². The molecule has 4 nitrogen and oxygen atoms in total. The zero-order valence-corrected chi connectivity index (χ0v) is 8.32. The molecule has 1 heterocycles. The highest BCUT2D eigenvalue weighted by atomic mass is 16.4. The van der Waals surface area contributed by atoms with Gasteiger partial charge in [0.25, 0.3) is 0 Å². The van der Waals surface area contributed by atoms with Gasteiger partial charge in [0.2, 0.25) is 0 Å². The zero-order chi connectivity index (χ0) is 10.6. The van der Waals surface area contributed by atoms with Crippen molar-refractivity contribution >= 4 is 5.97 Å². The second-order valence-electron chi connectivity index (χ2n) is 3.05. The molecule has 0 fully saturated rings. The van der Waals surface area contributed by atoms with Gasteiger partial charge in [0.05, 0.1) is 0 Å². The van der Waals surface area contributed by atoms with Gasteiger partial charge in [-0.2, -0.15) is 0 Å². The van der Waals surface area contributed by atoms with E-state index >= 15 is 0 Å². The summed E-state index contributed by atoms with van der Waals surface area (Å²) in [6.45, 7) is 4.48. The minimum atomic E-state index is -0.923. The van der Waals surface area contributed by atoms with Crippen molar-refractivity contribution in [2.24, 2.45) is 0 Å². The highest BCUT2D eigenvalue weighted by Gasteiger charge is 1.97. The zero-order valence-electron chi connectivity index (χ0n) is 8.32. The Morgan fingerprint density at radius 3 is 2.57 bits per heavy atom. The Morgan fingerprint density at radius 2 is 2.07 bits per heavy atom. The van der Waals surface area contributed by atoms with Crippen molar-refractivity contribution in [3.63, 3.8) is 0 Å². The number of aliphatic carboxylic acids is 1. The van der Waals surface area contributed by atoms with Crippen LogP contribution in [0.2, 0.25) is 0 Å². The topological polar surface area (TPSA) is 54.3 Å². The van der Waals surface area contributed by atoms with Gasteiger partial charge >= 0.3 is 5.97 Å². The lowest BCUT2D eigenvalue weighted by Gasteiger charge is -2.09. The Labute approximate surface area is 82.8 Å². The quantitative estimate of drug-likeness (QED) is 0.710. The third kappa shape index (κ3) is 2.65. The number of rotatable bonds is 4. The molecule has 4 heteroatoms. The first-order valence-corrected chi connectivity index (χ1v) is 4.39. The van der Waals surface area contributed by atoms with Crippen molar-refractivity contribution in [3.8, 4) is 0 Å². The van der Waals surface area contributed by atoms with E-state index in [0.29, 0.717) is 6.54 Å². The molecule has 1 aromatic heterocycles. The van der Waals surface area contributed by atoms with Gasteiger partial charge in [-0.15, -0.1) is 0 Å². The first kappa shape index (κ1) is 10.4. The maximum Gasteiger partial charge on any atom is 0.328 e. The SMILES string of the molecule is Cc1ccc(C)n1NC/C=C/C(=O)O. The molecule has 0 unspecified atom stereocenters. The van der Waals surface area contributed by atoms with E-state index in [-0.39, 0.29) is 0 Å². The number of carbonyl (C=O) groups is 1. The first-order valence-electron chi connectivity index (χ1n) is 4.39. The largest absolute Gasteiger partial charge is 0.478 e. The summed E-state index contributed by atoms with van der Waals surface area (Å²) in [7, 11) is 0. The smallest absolute Gasteiger partial charge is 0.328 e. The van der Waals surface area contributed by atoms with E-state index in [4.69, 9.17) is 5.11 Å². The Bertz CT molecular complexity index is 334. The van der Waals surface area contributed by atoms with Gasteiger partial charge in [0.1, 0.15) is 0 Å². The van der Waals surface area contributed by atoms with E-state index < -0.39 is 5.97 Å². The van der Waals surface area contributed by atoms with Gasteiger partial charge in [0, 0.05) is 24.0 Å². The number of nitrogens with one attached hydrogen (secondary N) is 1. The summed E-state index contributed by atoms with van der Waals surface area (Å²) < 4.78 is 1.92. The van der Waals surface area contributed by atoms with Crippen molar-refractivity contribution < 1.29 is 9.90 Å². The van der Waals surface area contributed by atoms with Gasteiger partial charge in [-0.05, 0) is 26.0 Å². The third-order valence-electron chi connectivity index (χ3n) is 1.90. The summed E-state index contributed by atoms with van der Waals surface area (Å²) in [4.78, 5) is 10.2. The Morgan fingerprint density at radius 1 is 1.50 bits per heavy atom. The molecule has 0 aromatic carbocycles. The molecule has 76 valence electrons. The molecule has 0 aliphatic carbocycles. The van der Waals surface area contributed by atoms with Gasteiger partial charge in [-0.3, -0.25) is 4.68 Å². The Kier molecular flexibility index (Phi) is 3.34. The van der Waals surface area contributed by atoms with E-state index in [1.807, 2.05) is 30.7 Å². The number of carboxylic acid groups (broad SMARTS) is 1. The highest BCUT2D eigenvalue weighted by Crippen LogP contribution is 2.03. The van der Waals surface area contributed by atoms with E-state index in [1.165, 1.54) is 0 Å². The van der Waals surface area contributed by atoms with E-state index in [1.54, 1.807) is 6.08 Å². The Hall–Kier alpha value is -1.71.